The number of amides is 1. The fraction of sp³-hybridized carbons (Fsp3) is 0.235. The minimum Gasteiger partial charge on any atom is -0.352 e. The lowest BCUT2D eigenvalue weighted by atomic mass is 10.0. The number of carbonyl (C=O) groups is 1. The van der Waals surface area contributed by atoms with Gasteiger partial charge in [-0.05, 0) is 42.7 Å². The number of nitrogens with two attached hydrogens (primary N) is 1. The van der Waals surface area contributed by atoms with Crippen LogP contribution in [0.15, 0.2) is 48.5 Å². The summed E-state index contributed by atoms with van der Waals surface area (Å²) in [5.74, 6) is -0.102. The molecule has 0 heterocycles. The number of nitrogens with one attached hydrogen (secondary N) is 1. The molecule has 2 aromatic carbocycles. The van der Waals surface area contributed by atoms with E-state index < -0.39 is 0 Å². The van der Waals surface area contributed by atoms with Crippen molar-refractivity contribution < 1.29 is 4.79 Å². The van der Waals surface area contributed by atoms with E-state index in [0.29, 0.717) is 23.6 Å². The number of hydrogen-bond donors (Lipinski definition) is 2. The summed E-state index contributed by atoms with van der Waals surface area (Å²) < 4.78 is 0. The van der Waals surface area contributed by atoms with Gasteiger partial charge in [0.2, 0.25) is 0 Å². The van der Waals surface area contributed by atoms with Crippen LogP contribution in [0.1, 0.15) is 33.9 Å². The van der Waals surface area contributed by atoms with Crippen LogP contribution in [0.5, 0.6) is 0 Å². The summed E-state index contributed by atoms with van der Waals surface area (Å²) in [6.45, 7) is 2.42. The number of aryl methyl sites for hydroxylation is 1. The van der Waals surface area contributed by atoms with E-state index in [0.717, 1.165) is 11.1 Å². The van der Waals surface area contributed by atoms with Gasteiger partial charge >= 0.3 is 0 Å². The van der Waals surface area contributed by atoms with Crippen molar-refractivity contribution >= 4 is 17.5 Å². The smallest absolute Gasteiger partial charge is 0.251 e. The summed E-state index contributed by atoms with van der Waals surface area (Å²) in [5, 5.41) is 3.55. The molecule has 0 aromatic heterocycles. The van der Waals surface area contributed by atoms with Gasteiger partial charge in [-0.15, -0.1) is 0 Å². The van der Waals surface area contributed by atoms with Gasteiger partial charge in [0.05, 0.1) is 0 Å². The molecule has 2 rings (SSSR count). The van der Waals surface area contributed by atoms with Crippen LogP contribution in [0.3, 0.4) is 0 Å². The van der Waals surface area contributed by atoms with Crippen LogP contribution >= 0.6 is 11.6 Å². The molecule has 0 spiro atoms. The average Bonchev–Trinajstić information content (AvgIpc) is 2.50. The van der Waals surface area contributed by atoms with E-state index in [4.69, 9.17) is 17.3 Å². The van der Waals surface area contributed by atoms with Crippen LogP contribution in [0.2, 0.25) is 5.02 Å². The molecule has 0 aliphatic carbocycles. The van der Waals surface area contributed by atoms with E-state index in [2.05, 4.69) is 5.32 Å². The molecule has 3 nitrogen and oxygen atoms in total. The Morgan fingerprint density at radius 1 is 1.24 bits per heavy atom. The first-order valence-corrected chi connectivity index (χ1v) is 7.30. The maximum atomic E-state index is 12.0. The van der Waals surface area contributed by atoms with Crippen LogP contribution in [-0.4, -0.2) is 12.5 Å². The third kappa shape index (κ3) is 4.31. The highest BCUT2D eigenvalue weighted by molar-refractivity contribution is 6.31. The van der Waals surface area contributed by atoms with Crippen LogP contribution < -0.4 is 11.1 Å². The highest BCUT2D eigenvalue weighted by atomic mass is 35.5. The zero-order valence-corrected chi connectivity index (χ0v) is 12.7. The Balaban J connectivity index is 1.85. The van der Waals surface area contributed by atoms with Crippen LogP contribution in [0.4, 0.5) is 0 Å². The predicted octanol–water partition coefficient (Wildman–Crippen LogP) is 3.47. The summed E-state index contributed by atoms with van der Waals surface area (Å²) in [4.78, 5) is 12.0. The monoisotopic (exact) mass is 302 g/mol. The van der Waals surface area contributed by atoms with Gasteiger partial charge in [0.1, 0.15) is 0 Å². The lowest BCUT2D eigenvalue weighted by Gasteiger charge is -2.12. The van der Waals surface area contributed by atoms with E-state index in [1.54, 1.807) is 18.2 Å². The average molecular weight is 303 g/mol. The summed E-state index contributed by atoms with van der Waals surface area (Å²) in [6, 6.07) is 15.1. The molecule has 0 aliphatic rings. The normalized spacial score (nSPS) is 12.0. The van der Waals surface area contributed by atoms with Crippen molar-refractivity contribution in [1.82, 2.24) is 5.32 Å². The maximum absolute atomic E-state index is 12.0. The number of benzene rings is 2. The molecule has 0 saturated carbocycles. The molecule has 0 bridgehead atoms. The Kier molecular flexibility index (Phi) is 5.37. The number of halogens is 1. The van der Waals surface area contributed by atoms with E-state index in [9.17, 15) is 4.79 Å². The van der Waals surface area contributed by atoms with Crippen molar-refractivity contribution in [1.29, 1.82) is 0 Å². The number of rotatable bonds is 5. The molecule has 4 heteroatoms. The second kappa shape index (κ2) is 7.25. The minimum atomic E-state index is -0.102. The number of hydrogen-bond acceptors (Lipinski definition) is 2. The molecular weight excluding hydrogens is 284 g/mol. The molecular formula is C17H19ClN2O. The van der Waals surface area contributed by atoms with Crippen LogP contribution in [-0.2, 0) is 0 Å². The molecule has 2 aromatic rings. The Hall–Kier alpha value is -1.84. The first-order chi connectivity index (χ1) is 10.1. The van der Waals surface area contributed by atoms with Crippen LogP contribution in [0.25, 0.3) is 0 Å². The molecule has 1 unspecified atom stereocenters. The third-order valence-electron chi connectivity index (χ3n) is 3.39. The Labute approximate surface area is 130 Å². The quantitative estimate of drug-likeness (QED) is 0.888. The van der Waals surface area contributed by atoms with Gasteiger partial charge in [0.25, 0.3) is 5.91 Å². The zero-order valence-electron chi connectivity index (χ0n) is 12.0. The van der Waals surface area contributed by atoms with Gasteiger partial charge in [-0.1, -0.05) is 41.9 Å². The second-order valence-electron chi connectivity index (χ2n) is 5.03. The molecule has 0 fully saturated rings. The van der Waals surface area contributed by atoms with Gasteiger partial charge in [-0.25, -0.2) is 0 Å². The van der Waals surface area contributed by atoms with E-state index in [-0.39, 0.29) is 11.9 Å². The van der Waals surface area contributed by atoms with Crippen molar-refractivity contribution in [3.8, 4) is 0 Å². The molecule has 21 heavy (non-hydrogen) atoms. The van der Waals surface area contributed by atoms with Gasteiger partial charge < -0.3 is 11.1 Å². The highest BCUT2D eigenvalue weighted by Crippen LogP contribution is 2.16. The minimum absolute atomic E-state index is 0.0709. The Morgan fingerprint density at radius 2 is 1.95 bits per heavy atom. The van der Waals surface area contributed by atoms with Gasteiger partial charge in [0, 0.05) is 23.2 Å². The van der Waals surface area contributed by atoms with Gasteiger partial charge in [-0.3, -0.25) is 4.79 Å². The van der Waals surface area contributed by atoms with Crippen molar-refractivity contribution in [3.05, 3.63) is 70.2 Å². The first-order valence-electron chi connectivity index (χ1n) is 6.93. The fourth-order valence-electron chi connectivity index (χ4n) is 2.10. The van der Waals surface area contributed by atoms with E-state index in [1.165, 1.54) is 0 Å². The highest BCUT2D eigenvalue weighted by Gasteiger charge is 2.09. The molecule has 110 valence electrons. The zero-order chi connectivity index (χ0) is 15.2. The lowest BCUT2D eigenvalue weighted by Crippen LogP contribution is -2.27. The topological polar surface area (TPSA) is 55.1 Å². The largest absolute Gasteiger partial charge is 0.352 e. The van der Waals surface area contributed by atoms with Gasteiger partial charge in [0.15, 0.2) is 0 Å². The van der Waals surface area contributed by atoms with Crippen molar-refractivity contribution in [2.75, 3.05) is 6.54 Å². The van der Waals surface area contributed by atoms with E-state index >= 15 is 0 Å². The second-order valence-corrected chi connectivity index (χ2v) is 5.43. The lowest BCUT2D eigenvalue weighted by molar-refractivity contribution is 0.0952. The summed E-state index contributed by atoms with van der Waals surface area (Å²) in [6.07, 6.45) is 0.697. The summed E-state index contributed by atoms with van der Waals surface area (Å²) in [7, 11) is 0. The van der Waals surface area contributed by atoms with Crippen molar-refractivity contribution in [2.24, 2.45) is 5.73 Å². The first kappa shape index (κ1) is 15.5. The Morgan fingerprint density at radius 3 is 2.62 bits per heavy atom. The SMILES string of the molecule is Cc1cc(C(=O)NCCC(N)c2ccccc2)ccc1Cl. The van der Waals surface area contributed by atoms with Gasteiger partial charge in [-0.2, -0.15) is 0 Å². The third-order valence-corrected chi connectivity index (χ3v) is 3.81. The number of carbonyl (C=O) groups excluding carboxylic acids is 1. The fourth-order valence-corrected chi connectivity index (χ4v) is 2.21. The molecule has 3 N–H and O–H groups in total. The summed E-state index contributed by atoms with van der Waals surface area (Å²) >= 11 is 5.95. The van der Waals surface area contributed by atoms with Crippen molar-refractivity contribution in [3.63, 3.8) is 0 Å². The molecule has 0 saturated heterocycles. The van der Waals surface area contributed by atoms with Crippen molar-refractivity contribution in [2.45, 2.75) is 19.4 Å². The van der Waals surface area contributed by atoms with Crippen LogP contribution in [0, 0.1) is 6.92 Å². The van der Waals surface area contributed by atoms with E-state index in [1.807, 2.05) is 37.3 Å². The summed E-state index contributed by atoms with van der Waals surface area (Å²) in [5.41, 5.74) is 8.68. The molecule has 0 radical (unpaired) electrons. The molecule has 0 aliphatic heterocycles. The standard InChI is InChI=1S/C17H19ClN2O/c1-12-11-14(7-8-15(12)18)17(21)20-10-9-16(19)13-5-3-2-4-6-13/h2-8,11,16H,9-10,19H2,1H3,(H,20,21). The molecule has 1 amide bonds. The predicted molar refractivity (Wildman–Crippen MR) is 86.5 cm³/mol. The maximum Gasteiger partial charge on any atom is 0.251 e. The Bertz CT molecular complexity index is 613. The molecule has 1 atom stereocenters.